The van der Waals surface area contributed by atoms with Gasteiger partial charge in [-0.3, -0.25) is 4.79 Å². The first-order valence-corrected chi connectivity index (χ1v) is 7.40. The highest BCUT2D eigenvalue weighted by molar-refractivity contribution is 5.82. The highest BCUT2D eigenvalue weighted by Gasteiger charge is 2.47. The molecule has 8 heteroatoms. The SMILES string of the molecule is COC(=O)CCC1(C(=O)OC)CN(C(=O)OC(C)(C)C)CCO1. The lowest BCUT2D eigenvalue weighted by Gasteiger charge is -2.40. The number of carbonyl (C=O) groups is 3. The topological polar surface area (TPSA) is 91.4 Å². The Morgan fingerprint density at radius 3 is 2.35 bits per heavy atom. The molecule has 1 amide bonds. The van der Waals surface area contributed by atoms with Crippen LogP contribution < -0.4 is 0 Å². The fourth-order valence-corrected chi connectivity index (χ4v) is 2.24. The molecule has 0 aromatic carbocycles. The second-order valence-corrected chi connectivity index (χ2v) is 6.31. The molecule has 1 aliphatic heterocycles. The maximum atomic E-state index is 12.2. The van der Waals surface area contributed by atoms with Crippen LogP contribution in [-0.4, -0.2) is 68.0 Å². The molecule has 23 heavy (non-hydrogen) atoms. The third kappa shape index (κ3) is 5.38. The van der Waals surface area contributed by atoms with Crippen molar-refractivity contribution >= 4 is 18.0 Å². The zero-order valence-corrected chi connectivity index (χ0v) is 14.3. The number of methoxy groups -OCH3 is 2. The molecule has 1 atom stereocenters. The molecular formula is C15H25NO7. The molecule has 0 N–H and O–H groups in total. The van der Waals surface area contributed by atoms with Crippen molar-refractivity contribution < 1.29 is 33.3 Å². The van der Waals surface area contributed by atoms with Gasteiger partial charge in [-0.05, 0) is 27.2 Å². The number of ether oxygens (including phenoxy) is 4. The molecule has 0 spiro atoms. The number of esters is 2. The van der Waals surface area contributed by atoms with Gasteiger partial charge in [-0.1, -0.05) is 0 Å². The predicted molar refractivity (Wildman–Crippen MR) is 79.8 cm³/mol. The van der Waals surface area contributed by atoms with Gasteiger partial charge in [0, 0.05) is 13.0 Å². The number of nitrogens with zero attached hydrogens (tertiary/aromatic N) is 1. The third-order valence-corrected chi connectivity index (χ3v) is 3.36. The van der Waals surface area contributed by atoms with Crippen molar-refractivity contribution in [2.75, 3.05) is 33.9 Å². The van der Waals surface area contributed by atoms with Crippen molar-refractivity contribution in [3.8, 4) is 0 Å². The summed E-state index contributed by atoms with van der Waals surface area (Å²) in [5.74, 6) is -1.10. The van der Waals surface area contributed by atoms with Crippen molar-refractivity contribution in [1.29, 1.82) is 0 Å². The lowest BCUT2D eigenvalue weighted by Crippen LogP contribution is -2.59. The number of hydrogen-bond acceptors (Lipinski definition) is 7. The molecule has 1 aliphatic rings. The summed E-state index contributed by atoms with van der Waals surface area (Å²) in [7, 11) is 2.50. The summed E-state index contributed by atoms with van der Waals surface area (Å²) in [6, 6.07) is 0. The summed E-state index contributed by atoms with van der Waals surface area (Å²) in [6.07, 6.45) is -0.494. The normalized spacial score (nSPS) is 21.5. The Morgan fingerprint density at radius 1 is 1.17 bits per heavy atom. The molecule has 1 rings (SSSR count). The molecule has 1 heterocycles. The first-order valence-electron chi connectivity index (χ1n) is 7.40. The minimum Gasteiger partial charge on any atom is -0.469 e. The lowest BCUT2D eigenvalue weighted by atomic mass is 9.95. The monoisotopic (exact) mass is 331 g/mol. The van der Waals surface area contributed by atoms with Crippen LogP contribution in [0.2, 0.25) is 0 Å². The van der Waals surface area contributed by atoms with Crippen molar-refractivity contribution in [3.63, 3.8) is 0 Å². The Balaban J connectivity index is 2.87. The Morgan fingerprint density at radius 2 is 1.83 bits per heavy atom. The molecule has 8 nitrogen and oxygen atoms in total. The van der Waals surface area contributed by atoms with Gasteiger partial charge in [0.05, 0.1) is 27.4 Å². The van der Waals surface area contributed by atoms with E-state index in [1.807, 2.05) is 0 Å². The fourth-order valence-electron chi connectivity index (χ4n) is 2.24. The first-order chi connectivity index (χ1) is 10.6. The largest absolute Gasteiger partial charge is 0.469 e. The summed E-state index contributed by atoms with van der Waals surface area (Å²) >= 11 is 0. The van der Waals surface area contributed by atoms with Crippen LogP contribution in [0.5, 0.6) is 0 Å². The van der Waals surface area contributed by atoms with E-state index in [9.17, 15) is 14.4 Å². The van der Waals surface area contributed by atoms with E-state index in [0.29, 0.717) is 6.54 Å². The minimum absolute atomic E-state index is 0.0201. The highest BCUT2D eigenvalue weighted by atomic mass is 16.6. The van der Waals surface area contributed by atoms with E-state index in [-0.39, 0.29) is 26.0 Å². The quantitative estimate of drug-likeness (QED) is 0.563. The summed E-state index contributed by atoms with van der Waals surface area (Å²) < 4.78 is 20.3. The van der Waals surface area contributed by atoms with Gasteiger partial charge in [0.25, 0.3) is 0 Å². The van der Waals surface area contributed by atoms with Gasteiger partial charge in [-0.25, -0.2) is 9.59 Å². The first kappa shape index (κ1) is 19.2. The molecule has 1 saturated heterocycles. The van der Waals surface area contributed by atoms with E-state index in [4.69, 9.17) is 14.2 Å². The van der Waals surface area contributed by atoms with E-state index >= 15 is 0 Å². The molecular weight excluding hydrogens is 306 g/mol. The predicted octanol–water partition coefficient (Wildman–Crippen LogP) is 1.12. The molecule has 0 saturated carbocycles. The van der Waals surface area contributed by atoms with Crippen molar-refractivity contribution in [1.82, 2.24) is 4.90 Å². The van der Waals surface area contributed by atoms with Gasteiger partial charge in [0.1, 0.15) is 5.60 Å². The number of hydrogen-bond donors (Lipinski definition) is 0. The van der Waals surface area contributed by atoms with E-state index in [0.717, 1.165) is 0 Å². The molecule has 132 valence electrons. The smallest absolute Gasteiger partial charge is 0.410 e. The Bertz CT molecular complexity index is 457. The van der Waals surface area contributed by atoms with Crippen LogP contribution in [0.1, 0.15) is 33.6 Å². The van der Waals surface area contributed by atoms with Gasteiger partial charge in [-0.2, -0.15) is 0 Å². The summed E-state index contributed by atoms with van der Waals surface area (Å²) in [5, 5.41) is 0. The fraction of sp³-hybridized carbons (Fsp3) is 0.800. The average molecular weight is 331 g/mol. The van der Waals surface area contributed by atoms with Gasteiger partial charge in [-0.15, -0.1) is 0 Å². The Hall–Kier alpha value is -1.83. The van der Waals surface area contributed by atoms with Crippen LogP contribution >= 0.6 is 0 Å². The summed E-state index contributed by atoms with van der Waals surface area (Å²) in [6.45, 7) is 5.69. The van der Waals surface area contributed by atoms with Crippen LogP contribution in [-0.2, 0) is 28.5 Å². The molecule has 0 radical (unpaired) electrons. The third-order valence-electron chi connectivity index (χ3n) is 3.36. The van der Waals surface area contributed by atoms with Gasteiger partial charge in [0.15, 0.2) is 5.60 Å². The van der Waals surface area contributed by atoms with Crippen LogP contribution in [0.25, 0.3) is 0 Å². The van der Waals surface area contributed by atoms with E-state index in [1.54, 1.807) is 20.8 Å². The van der Waals surface area contributed by atoms with Crippen LogP contribution in [0, 0.1) is 0 Å². The van der Waals surface area contributed by atoms with Crippen LogP contribution in [0.4, 0.5) is 4.79 Å². The molecule has 1 fully saturated rings. The zero-order chi connectivity index (χ0) is 17.7. The average Bonchev–Trinajstić information content (AvgIpc) is 2.50. The van der Waals surface area contributed by atoms with Crippen molar-refractivity contribution in [2.24, 2.45) is 0 Å². The second-order valence-electron chi connectivity index (χ2n) is 6.31. The molecule has 0 bridgehead atoms. The van der Waals surface area contributed by atoms with Gasteiger partial charge >= 0.3 is 18.0 Å². The van der Waals surface area contributed by atoms with Crippen molar-refractivity contribution in [2.45, 2.75) is 44.8 Å². The zero-order valence-electron chi connectivity index (χ0n) is 14.3. The van der Waals surface area contributed by atoms with Gasteiger partial charge in [0.2, 0.25) is 0 Å². The lowest BCUT2D eigenvalue weighted by molar-refractivity contribution is -0.182. The standard InChI is InChI=1S/C15H25NO7/c1-14(2,3)23-13(19)16-8-9-22-15(10-16,12(18)21-5)7-6-11(17)20-4/h6-10H2,1-5H3. The molecule has 0 aromatic heterocycles. The van der Waals surface area contributed by atoms with Crippen LogP contribution in [0.3, 0.4) is 0 Å². The summed E-state index contributed by atoms with van der Waals surface area (Å²) in [4.78, 5) is 37.1. The molecule has 1 unspecified atom stereocenters. The van der Waals surface area contributed by atoms with Gasteiger partial charge < -0.3 is 23.8 Å². The van der Waals surface area contributed by atoms with Crippen molar-refractivity contribution in [3.05, 3.63) is 0 Å². The Labute approximate surface area is 136 Å². The summed E-state index contributed by atoms with van der Waals surface area (Å²) in [5.41, 5.74) is -2.03. The maximum absolute atomic E-state index is 12.2. The number of rotatable bonds is 4. The highest BCUT2D eigenvalue weighted by Crippen LogP contribution is 2.26. The Kier molecular flexibility index (Phi) is 6.37. The number of amides is 1. The molecule has 0 aromatic rings. The maximum Gasteiger partial charge on any atom is 0.410 e. The van der Waals surface area contributed by atoms with E-state index in [2.05, 4.69) is 4.74 Å². The number of carbonyl (C=O) groups excluding carboxylic acids is 3. The minimum atomic E-state index is -1.39. The number of morpholine rings is 1. The molecule has 0 aliphatic carbocycles. The van der Waals surface area contributed by atoms with E-state index < -0.39 is 29.2 Å². The van der Waals surface area contributed by atoms with Crippen LogP contribution in [0.15, 0.2) is 0 Å². The van der Waals surface area contributed by atoms with E-state index in [1.165, 1.54) is 19.1 Å². The second kappa shape index (κ2) is 7.63.